The van der Waals surface area contributed by atoms with Crippen LogP contribution in [-0.4, -0.2) is 19.9 Å². The van der Waals surface area contributed by atoms with Gasteiger partial charge in [0, 0.05) is 15.9 Å². The van der Waals surface area contributed by atoms with Gasteiger partial charge in [0.05, 0.1) is 21.4 Å². The van der Waals surface area contributed by atoms with Crippen LogP contribution in [0.25, 0.3) is 10.9 Å². The monoisotopic (exact) mass is 419 g/mol. The Labute approximate surface area is 153 Å². The summed E-state index contributed by atoms with van der Waals surface area (Å²) in [6.07, 6.45) is 0. The second-order valence-electron chi connectivity index (χ2n) is 5.33. The molecule has 2 aromatic carbocycles. The molecule has 3 rings (SSSR count). The number of aromatic nitrogens is 1. The van der Waals surface area contributed by atoms with Gasteiger partial charge in [-0.2, -0.15) is 0 Å². The lowest BCUT2D eigenvalue weighted by molar-refractivity contribution is -0.393. The van der Waals surface area contributed by atoms with E-state index in [1.54, 1.807) is 6.07 Å². The summed E-state index contributed by atoms with van der Waals surface area (Å²) in [5, 5.41) is 40.3. The van der Waals surface area contributed by atoms with Crippen LogP contribution in [0.2, 0.25) is 0 Å². The van der Waals surface area contributed by atoms with Gasteiger partial charge in [0.1, 0.15) is 0 Å². The van der Waals surface area contributed by atoms with Crippen LogP contribution in [0.3, 0.4) is 0 Å². The van der Waals surface area contributed by atoms with E-state index >= 15 is 0 Å². The predicted molar refractivity (Wildman–Crippen MR) is 96.3 cm³/mol. The van der Waals surface area contributed by atoms with Gasteiger partial charge in [-0.25, -0.2) is 0 Å². The van der Waals surface area contributed by atoms with Gasteiger partial charge < -0.3 is 10.1 Å². The number of fused-ring (bicyclic) bond motifs is 1. The molecule has 10 nitrogen and oxygen atoms in total. The van der Waals surface area contributed by atoms with Crippen molar-refractivity contribution in [3.8, 4) is 5.88 Å². The fourth-order valence-corrected chi connectivity index (χ4v) is 2.91. The van der Waals surface area contributed by atoms with Crippen LogP contribution < -0.4 is 0 Å². The summed E-state index contributed by atoms with van der Waals surface area (Å²) in [4.78, 5) is 23.2. The highest BCUT2D eigenvalue weighted by molar-refractivity contribution is 9.10. The van der Waals surface area contributed by atoms with Crippen LogP contribution >= 0.6 is 15.9 Å². The molecule has 0 aliphatic carbocycles. The first-order valence-corrected chi connectivity index (χ1v) is 7.93. The van der Waals surface area contributed by atoms with Gasteiger partial charge in [-0.1, -0.05) is 6.07 Å². The lowest BCUT2D eigenvalue weighted by atomic mass is 10.1. The summed E-state index contributed by atoms with van der Waals surface area (Å²) in [7, 11) is 0. The van der Waals surface area contributed by atoms with Gasteiger partial charge in [-0.15, -0.1) is 10.2 Å². The first kappa shape index (κ1) is 17.5. The van der Waals surface area contributed by atoms with E-state index in [4.69, 9.17) is 0 Å². The second-order valence-corrected chi connectivity index (χ2v) is 6.12. The molecule has 132 valence electrons. The van der Waals surface area contributed by atoms with Crippen molar-refractivity contribution in [3.63, 3.8) is 0 Å². The van der Waals surface area contributed by atoms with Crippen molar-refractivity contribution in [2.24, 2.45) is 10.2 Å². The SMILES string of the molecule is Cc1ccc2[nH]c(O)c(N=Nc3ccc([N+](=O)[O-])cc3[N+](=O)[O-])c2c1Br. The van der Waals surface area contributed by atoms with Crippen LogP contribution in [-0.2, 0) is 0 Å². The number of nitro groups is 2. The van der Waals surface area contributed by atoms with E-state index in [-0.39, 0.29) is 17.3 Å². The summed E-state index contributed by atoms with van der Waals surface area (Å²) >= 11 is 3.42. The van der Waals surface area contributed by atoms with Crippen molar-refractivity contribution in [1.29, 1.82) is 0 Å². The summed E-state index contributed by atoms with van der Waals surface area (Å²) < 4.78 is 0.693. The fraction of sp³-hybridized carbons (Fsp3) is 0.0667. The smallest absolute Gasteiger partial charge is 0.303 e. The number of aromatic hydroxyl groups is 1. The lowest BCUT2D eigenvalue weighted by Gasteiger charge is -2.00. The Hall–Kier alpha value is -3.34. The Kier molecular flexibility index (Phi) is 4.38. The standard InChI is InChI=1S/C15H10BrN5O5/c1-7-2-4-10-12(13(7)16)14(15(22)17-10)19-18-9-5-3-8(20(23)24)6-11(9)21(25)26/h2-6,17,22H,1H3. The Morgan fingerprint density at radius 3 is 2.50 bits per heavy atom. The highest BCUT2D eigenvalue weighted by atomic mass is 79.9. The molecule has 0 aliphatic heterocycles. The molecule has 11 heteroatoms. The maximum absolute atomic E-state index is 11.2. The van der Waals surface area contributed by atoms with Crippen LogP contribution in [0, 0.1) is 27.2 Å². The van der Waals surface area contributed by atoms with E-state index in [9.17, 15) is 25.3 Å². The van der Waals surface area contributed by atoms with Crippen molar-refractivity contribution >= 4 is 49.6 Å². The number of hydrogen-bond donors (Lipinski definition) is 2. The molecule has 0 saturated heterocycles. The predicted octanol–water partition coefficient (Wildman–Crippen LogP) is 5.18. The number of aryl methyl sites for hydroxylation is 1. The second kappa shape index (κ2) is 6.52. The minimum atomic E-state index is -0.781. The molecule has 1 aromatic heterocycles. The molecule has 2 N–H and O–H groups in total. The molecule has 26 heavy (non-hydrogen) atoms. The summed E-state index contributed by atoms with van der Waals surface area (Å²) in [6, 6.07) is 6.62. The Morgan fingerprint density at radius 2 is 1.85 bits per heavy atom. The number of aromatic amines is 1. The van der Waals surface area contributed by atoms with Crippen molar-refractivity contribution in [2.45, 2.75) is 6.92 Å². The first-order chi connectivity index (χ1) is 12.3. The average molecular weight is 420 g/mol. The molecule has 0 unspecified atom stereocenters. The molecule has 0 saturated carbocycles. The van der Waals surface area contributed by atoms with Crippen molar-refractivity contribution < 1.29 is 15.0 Å². The van der Waals surface area contributed by atoms with Gasteiger partial charge in [0.25, 0.3) is 5.69 Å². The average Bonchev–Trinajstić information content (AvgIpc) is 2.92. The number of H-pyrrole nitrogens is 1. The van der Waals surface area contributed by atoms with E-state index in [1.165, 1.54) is 0 Å². The van der Waals surface area contributed by atoms with Gasteiger partial charge in [0.15, 0.2) is 11.4 Å². The molecular weight excluding hydrogens is 410 g/mol. The van der Waals surface area contributed by atoms with Gasteiger partial charge in [0.2, 0.25) is 5.88 Å². The van der Waals surface area contributed by atoms with Gasteiger partial charge in [-0.3, -0.25) is 20.2 Å². The molecule has 3 aromatic rings. The number of nitrogens with one attached hydrogen (secondary N) is 1. The number of azo groups is 1. The third-order valence-corrected chi connectivity index (χ3v) is 4.70. The zero-order valence-corrected chi connectivity index (χ0v) is 14.7. The van der Waals surface area contributed by atoms with Crippen molar-refractivity contribution in [1.82, 2.24) is 4.98 Å². The normalized spacial score (nSPS) is 11.3. The number of nitro benzene ring substituents is 2. The molecule has 0 spiro atoms. The number of rotatable bonds is 4. The molecule has 0 aliphatic rings. The van der Waals surface area contributed by atoms with E-state index in [0.29, 0.717) is 15.4 Å². The topological polar surface area (TPSA) is 147 Å². The van der Waals surface area contributed by atoms with Gasteiger partial charge >= 0.3 is 5.69 Å². The Morgan fingerprint density at radius 1 is 1.12 bits per heavy atom. The van der Waals surface area contributed by atoms with E-state index < -0.39 is 21.2 Å². The largest absolute Gasteiger partial charge is 0.493 e. The van der Waals surface area contributed by atoms with Crippen molar-refractivity contribution in [2.75, 3.05) is 0 Å². The van der Waals surface area contributed by atoms with Crippen LogP contribution in [0.15, 0.2) is 45.0 Å². The molecule has 0 radical (unpaired) electrons. The maximum atomic E-state index is 11.2. The highest BCUT2D eigenvalue weighted by Gasteiger charge is 2.20. The summed E-state index contributed by atoms with van der Waals surface area (Å²) in [6.45, 7) is 1.86. The maximum Gasteiger partial charge on any atom is 0.303 e. The van der Waals surface area contributed by atoms with E-state index in [0.717, 1.165) is 23.8 Å². The zero-order chi connectivity index (χ0) is 19.0. The summed E-state index contributed by atoms with van der Waals surface area (Å²) in [5.41, 5.74) is 0.448. The molecular formula is C15H10BrN5O5. The number of halogens is 1. The van der Waals surface area contributed by atoms with Crippen LogP contribution in [0.4, 0.5) is 22.7 Å². The first-order valence-electron chi connectivity index (χ1n) is 7.14. The number of nitrogens with zero attached hydrogens (tertiary/aromatic N) is 4. The molecule has 0 bridgehead atoms. The number of hydrogen-bond acceptors (Lipinski definition) is 7. The minimum absolute atomic E-state index is 0.100. The quantitative estimate of drug-likeness (QED) is 0.339. The van der Waals surface area contributed by atoms with E-state index in [1.807, 2.05) is 13.0 Å². The minimum Gasteiger partial charge on any atom is -0.493 e. The van der Waals surface area contributed by atoms with Crippen LogP contribution in [0.5, 0.6) is 5.88 Å². The van der Waals surface area contributed by atoms with Crippen molar-refractivity contribution in [3.05, 3.63) is 60.6 Å². The molecule has 0 atom stereocenters. The molecule has 0 fully saturated rings. The zero-order valence-electron chi connectivity index (χ0n) is 13.1. The highest BCUT2D eigenvalue weighted by Crippen LogP contribution is 2.42. The number of non-ortho nitro benzene ring substituents is 1. The summed E-state index contributed by atoms with van der Waals surface area (Å²) in [5.74, 6) is -0.250. The third kappa shape index (κ3) is 2.99. The fourth-order valence-electron chi connectivity index (χ4n) is 2.38. The Balaban J connectivity index is 2.13. The van der Waals surface area contributed by atoms with E-state index in [2.05, 4.69) is 31.1 Å². The Bertz CT molecular complexity index is 1090. The van der Waals surface area contributed by atoms with Gasteiger partial charge in [-0.05, 0) is 40.5 Å². The lowest BCUT2D eigenvalue weighted by Crippen LogP contribution is -1.92. The third-order valence-electron chi connectivity index (χ3n) is 3.67. The number of benzene rings is 2. The molecule has 1 heterocycles. The van der Waals surface area contributed by atoms with Crippen LogP contribution in [0.1, 0.15) is 5.56 Å². The molecule has 0 amide bonds.